The van der Waals surface area contributed by atoms with Crippen molar-refractivity contribution in [2.24, 2.45) is 12.5 Å². The number of allylic oxidation sites excluding steroid dienone is 1. The number of nitrogens with zero attached hydrogens (tertiary/aromatic N) is 7. The van der Waals surface area contributed by atoms with E-state index < -0.39 is 49.7 Å². The number of aryl methyl sites for hydroxylation is 1. The maximum absolute atomic E-state index is 14.4. The Labute approximate surface area is 265 Å². The number of hydrogen-bond donors (Lipinski definition) is 1. The molecule has 0 radical (unpaired) electrons. The number of thiazole rings is 1. The van der Waals surface area contributed by atoms with E-state index in [1.54, 1.807) is 29.1 Å². The van der Waals surface area contributed by atoms with Crippen molar-refractivity contribution in [2.45, 2.75) is 62.4 Å². The summed E-state index contributed by atoms with van der Waals surface area (Å²) in [6.07, 6.45) is 0.805. The lowest BCUT2D eigenvalue weighted by atomic mass is 9.61. The Balaban J connectivity index is 1.46. The Hall–Kier alpha value is -3.80. The predicted molar refractivity (Wildman–Crippen MR) is 158 cm³/mol. The zero-order valence-electron chi connectivity index (χ0n) is 24.9. The van der Waals surface area contributed by atoms with Gasteiger partial charge < -0.3 is 5.11 Å². The van der Waals surface area contributed by atoms with Gasteiger partial charge in [-0.3, -0.25) is 9.48 Å². The second-order valence-corrected chi connectivity index (χ2v) is 15.1. The van der Waals surface area contributed by atoms with Gasteiger partial charge in [0.2, 0.25) is 10.8 Å². The molecule has 1 saturated carbocycles. The van der Waals surface area contributed by atoms with Crippen molar-refractivity contribution < 1.29 is 35.9 Å². The quantitative estimate of drug-likeness (QED) is 0.213. The van der Waals surface area contributed by atoms with E-state index in [4.69, 9.17) is 0 Å². The molecule has 1 fully saturated rings. The molecule has 46 heavy (non-hydrogen) atoms. The van der Waals surface area contributed by atoms with Gasteiger partial charge in [0.25, 0.3) is 10.0 Å². The number of aliphatic hydroxyl groups is 1. The molecule has 11 nitrogen and oxygen atoms in total. The minimum atomic E-state index is -4.70. The molecule has 3 heterocycles. The molecule has 2 aliphatic rings. The number of rotatable bonds is 8. The number of Topliss-reactive ketones (excluding diaryl/α,β-unsaturated/α-hetero) is 1. The summed E-state index contributed by atoms with van der Waals surface area (Å²) in [6, 6.07) is 4.81. The number of benzene rings is 1. The molecule has 2 atom stereocenters. The van der Waals surface area contributed by atoms with Crippen molar-refractivity contribution in [3.8, 4) is 5.69 Å². The van der Waals surface area contributed by atoms with Crippen LogP contribution in [0, 0.1) is 11.2 Å². The van der Waals surface area contributed by atoms with Crippen LogP contribution in [0.1, 0.15) is 59.0 Å². The fourth-order valence-electron chi connectivity index (χ4n) is 6.19. The molecule has 1 N–H and O–H groups in total. The van der Waals surface area contributed by atoms with E-state index in [0.29, 0.717) is 28.7 Å². The average Bonchev–Trinajstić information content (AvgIpc) is 3.74. The number of carbonyl (C=O) groups is 1. The summed E-state index contributed by atoms with van der Waals surface area (Å²) < 4.78 is 86.1. The Bertz CT molecular complexity index is 1940. The van der Waals surface area contributed by atoms with Gasteiger partial charge >= 0.3 is 6.18 Å². The minimum Gasteiger partial charge on any atom is -0.389 e. The van der Waals surface area contributed by atoms with Crippen molar-refractivity contribution in [1.82, 2.24) is 34.1 Å². The minimum absolute atomic E-state index is 0.00712. The first-order valence-electron chi connectivity index (χ1n) is 14.2. The fraction of sp³-hybridized carbons (Fsp3) is 0.414. The zero-order chi connectivity index (χ0) is 33.2. The van der Waals surface area contributed by atoms with Gasteiger partial charge in [0.05, 0.1) is 41.0 Å². The molecule has 1 aromatic carbocycles. The van der Waals surface area contributed by atoms with Gasteiger partial charge in [-0.05, 0) is 75.4 Å². The number of aromatic nitrogens is 6. The van der Waals surface area contributed by atoms with Crippen molar-refractivity contribution in [2.75, 3.05) is 6.54 Å². The van der Waals surface area contributed by atoms with E-state index >= 15 is 0 Å². The predicted octanol–water partition coefficient (Wildman–Crippen LogP) is 4.44. The summed E-state index contributed by atoms with van der Waals surface area (Å²) in [7, 11) is -2.83. The highest BCUT2D eigenvalue weighted by molar-refractivity contribution is 7.89. The molecule has 0 aliphatic heterocycles. The zero-order valence-corrected chi connectivity index (χ0v) is 26.5. The van der Waals surface area contributed by atoms with Gasteiger partial charge in [-0.1, -0.05) is 10.8 Å². The number of halogens is 4. The highest BCUT2D eigenvalue weighted by Crippen LogP contribution is 2.52. The highest BCUT2D eigenvalue weighted by atomic mass is 32.2. The van der Waals surface area contributed by atoms with Gasteiger partial charge in [0, 0.05) is 19.6 Å². The third-order valence-electron chi connectivity index (χ3n) is 8.22. The molecule has 244 valence electrons. The van der Waals surface area contributed by atoms with Crippen molar-refractivity contribution in [3.63, 3.8) is 0 Å². The molecular formula is C29H29F4N7O4S2. The van der Waals surface area contributed by atoms with Crippen LogP contribution < -0.4 is 0 Å². The van der Waals surface area contributed by atoms with Crippen LogP contribution in [0.2, 0.25) is 0 Å². The molecule has 0 unspecified atom stereocenters. The van der Waals surface area contributed by atoms with E-state index in [1.807, 2.05) is 0 Å². The summed E-state index contributed by atoms with van der Waals surface area (Å²) in [5, 5.41) is 22.1. The largest absolute Gasteiger partial charge is 0.427 e. The third-order valence-corrected chi connectivity index (χ3v) is 11.0. The first-order chi connectivity index (χ1) is 21.5. The number of fused-ring (bicyclic) bond motifs is 2. The van der Waals surface area contributed by atoms with Crippen LogP contribution in [-0.4, -0.2) is 71.6 Å². The maximum atomic E-state index is 14.4. The van der Waals surface area contributed by atoms with Crippen molar-refractivity contribution in [1.29, 1.82) is 0 Å². The number of hydrogen-bond acceptors (Lipinski definition) is 9. The van der Waals surface area contributed by atoms with E-state index in [1.165, 1.54) is 43.9 Å². The lowest BCUT2D eigenvalue weighted by Crippen LogP contribution is -2.53. The van der Waals surface area contributed by atoms with Crippen LogP contribution in [0.5, 0.6) is 0 Å². The summed E-state index contributed by atoms with van der Waals surface area (Å²) in [5.41, 5.74) is -0.583. The van der Waals surface area contributed by atoms with E-state index in [9.17, 15) is 35.9 Å². The highest BCUT2D eigenvalue weighted by Gasteiger charge is 2.53. The molecule has 0 amide bonds. The van der Waals surface area contributed by atoms with Crippen LogP contribution in [0.25, 0.3) is 11.8 Å². The molecule has 17 heteroatoms. The molecule has 3 aromatic heterocycles. The average molecular weight is 680 g/mol. The van der Waals surface area contributed by atoms with Gasteiger partial charge in [0.1, 0.15) is 10.7 Å². The standard InChI is InChI=1S/C29H29F4N7O4S2/c1-27(2,42)16-39(46(43,44)24-15-38(3)37-36-24)21-7-4-18-10-22-17(13-35-40(22)20-8-5-19(30)6-9-20)11-28(18,12-21)25(41)26-34-14-23(45-26)29(31,32)33/h5-6,8-10,13-15,21,42H,4,7,11-12,16H2,1-3H3/t21-,28-/m0/s1. The molecule has 0 spiro atoms. The molecular weight excluding hydrogens is 650 g/mol. The van der Waals surface area contributed by atoms with E-state index in [0.717, 1.165) is 4.31 Å². The second-order valence-electron chi connectivity index (χ2n) is 12.2. The normalized spacial score (nSPS) is 20.4. The van der Waals surface area contributed by atoms with Crippen molar-refractivity contribution in [3.05, 3.63) is 75.4 Å². The van der Waals surface area contributed by atoms with Crippen LogP contribution in [0.15, 0.2) is 53.5 Å². The first-order valence-corrected chi connectivity index (χ1v) is 16.5. The molecule has 0 saturated heterocycles. The van der Waals surface area contributed by atoms with Gasteiger partial charge in [-0.2, -0.15) is 22.6 Å². The van der Waals surface area contributed by atoms with Crippen LogP contribution in [0.4, 0.5) is 17.6 Å². The number of alkyl halides is 3. The summed E-state index contributed by atoms with van der Waals surface area (Å²) >= 11 is 0.240. The van der Waals surface area contributed by atoms with Crippen LogP contribution >= 0.6 is 11.3 Å². The van der Waals surface area contributed by atoms with Crippen LogP contribution in [-0.2, 0) is 29.7 Å². The Morgan fingerprint density at radius 1 is 1.20 bits per heavy atom. The Kier molecular flexibility index (Phi) is 7.81. The maximum Gasteiger partial charge on any atom is 0.427 e. The van der Waals surface area contributed by atoms with E-state index in [-0.39, 0.29) is 53.6 Å². The van der Waals surface area contributed by atoms with Crippen LogP contribution in [0.3, 0.4) is 0 Å². The van der Waals surface area contributed by atoms with Gasteiger partial charge in [-0.15, -0.1) is 16.4 Å². The summed E-state index contributed by atoms with van der Waals surface area (Å²) in [6.45, 7) is 2.56. The third kappa shape index (κ3) is 5.80. The molecule has 0 bridgehead atoms. The van der Waals surface area contributed by atoms with E-state index in [2.05, 4.69) is 20.4 Å². The number of ketones is 1. The summed E-state index contributed by atoms with van der Waals surface area (Å²) in [4.78, 5) is 17.3. The fourth-order valence-corrected chi connectivity index (χ4v) is 8.74. The number of sulfonamides is 1. The Morgan fingerprint density at radius 2 is 1.91 bits per heavy atom. The van der Waals surface area contributed by atoms with Crippen molar-refractivity contribution >= 4 is 33.2 Å². The molecule has 4 aromatic rings. The lowest BCUT2D eigenvalue weighted by molar-refractivity contribution is -0.134. The number of carbonyl (C=O) groups excluding carboxylic acids is 1. The Morgan fingerprint density at radius 3 is 2.52 bits per heavy atom. The van der Waals surface area contributed by atoms with Gasteiger partial charge in [-0.25, -0.2) is 22.5 Å². The summed E-state index contributed by atoms with van der Waals surface area (Å²) in [5.74, 6) is -1.09. The molecule has 6 rings (SSSR count). The second kappa shape index (κ2) is 11.2. The molecule has 2 aliphatic carbocycles. The van der Waals surface area contributed by atoms with Gasteiger partial charge in [0.15, 0.2) is 5.01 Å². The monoisotopic (exact) mass is 679 g/mol. The first kappa shape index (κ1) is 32.2. The SMILES string of the molecule is Cn1cc(S(=O)(=O)N(CC(C)(C)O)[C@H]2CCC3=Cc4c(cnn4-c4ccc(F)cc4)C[C@]3(C(=O)c3ncc(C(F)(F)F)s3)C2)nn1. The smallest absolute Gasteiger partial charge is 0.389 e. The lowest BCUT2D eigenvalue weighted by Gasteiger charge is -2.46. The topological polar surface area (TPSA) is 136 Å².